The maximum absolute atomic E-state index is 10.7. The average molecular weight is 420 g/mol. The Kier molecular flexibility index (Phi) is 4.93. The normalized spacial score (nSPS) is 10.8. The summed E-state index contributed by atoms with van der Waals surface area (Å²) >= 11 is 8.33. The van der Waals surface area contributed by atoms with E-state index in [0.717, 1.165) is 25.9 Å². The molecule has 7 heteroatoms. The van der Waals surface area contributed by atoms with Gasteiger partial charge in [0.2, 0.25) is 0 Å². The fourth-order valence-electron chi connectivity index (χ4n) is 1.82. The van der Waals surface area contributed by atoms with Crippen LogP contribution in [-0.4, -0.2) is 26.4 Å². The highest BCUT2D eigenvalue weighted by molar-refractivity contribution is 9.11. The highest BCUT2D eigenvalue weighted by Crippen LogP contribution is 2.34. The van der Waals surface area contributed by atoms with Gasteiger partial charge >= 0.3 is 5.97 Å². The lowest BCUT2D eigenvalue weighted by Gasteiger charge is -2.14. The second-order valence-corrected chi connectivity index (χ2v) is 6.93. The van der Waals surface area contributed by atoms with E-state index in [1.165, 1.54) is 11.8 Å². The quantitative estimate of drug-likeness (QED) is 0.754. The van der Waals surface area contributed by atoms with E-state index >= 15 is 0 Å². The number of carbonyl (C=O) groups is 1. The van der Waals surface area contributed by atoms with Crippen LogP contribution in [-0.2, 0) is 4.79 Å². The van der Waals surface area contributed by atoms with Crippen LogP contribution in [0, 0.1) is 13.8 Å². The third-order valence-corrected chi connectivity index (χ3v) is 4.76. The highest BCUT2D eigenvalue weighted by atomic mass is 79.9. The molecule has 106 valence electrons. The zero-order chi connectivity index (χ0) is 14.9. The van der Waals surface area contributed by atoms with Crippen molar-refractivity contribution in [3.63, 3.8) is 0 Å². The van der Waals surface area contributed by atoms with Gasteiger partial charge in [-0.05, 0) is 63.4 Å². The molecule has 1 N–H and O–H groups in total. The van der Waals surface area contributed by atoms with E-state index in [2.05, 4.69) is 36.8 Å². The van der Waals surface area contributed by atoms with Crippen molar-refractivity contribution in [1.29, 1.82) is 0 Å². The van der Waals surface area contributed by atoms with E-state index in [0.29, 0.717) is 5.16 Å². The molecule has 0 saturated heterocycles. The number of hydrogen-bond acceptors (Lipinski definition) is 3. The van der Waals surface area contributed by atoms with Crippen LogP contribution in [0.5, 0.6) is 0 Å². The fourth-order valence-corrected chi connectivity index (χ4v) is 4.34. The fraction of sp³-hybridized carbons (Fsp3) is 0.231. The summed E-state index contributed by atoms with van der Waals surface area (Å²) in [5, 5.41) is 9.47. The van der Waals surface area contributed by atoms with Crippen LogP contribution in [0.4, 0.5) is 0 Å². The molecule has 1 aromatic carbocycles. The van der Waals surface area contributed by atoms with Crippen LogP contribution in [0.3, 0.4) is 0 Å². The zero-order valence-corrected chi connectivity index (χ0v) is 14.8. The molecule has 0 aliphatic rings. The van der Waals surface area contributed by atoms with E-state index in [4.69, 9.17) is 5.11 Å². The Balaban J connectivity index is 2.52. The van der Waals surface area contributed by atoms with E-state index in [1.54, 1.807) is 6.20 Å². The number of imidazole rings is 1. The van der Waals surface area contributed by atoms with Gasteiger partial charge in [0.25, 0.3) is 0 Å². The molecule has 0 spiro atoms. The topological polar surface area (TPSA) is 55.1 Å². The Morgan fingerprint density at radius 1 is 1.35 bits per heavy atom. The second-order valence-electron chi connectivity index (χ2n) is 4.28. The maximum atomic E-state index is 10.7. The third kappa shape index (κ3) is 3.27. The molecule has 0 radical (unpaired) electrons. The maximum Gasteiger partial charge on any atom is 0.313 e. The molecule has 0 aliphatic carbocycles. The lowest BCUT2D eigenvalue weighted by atomic mass is 10.2. The molecule has 0 unspecified atom stereocenters. The van der Waals surface area contributed by atoms with Gasteiger partial charge in [-0.25, -0.2) is 4.98 Å². The standard InChI is InChI=1S/C13H12Br2N2O2S/c1-7-3-9(14)12(10(15)4-7)17-8(2)5-16-13(17)20-6-11(18)19/h3-5H,6H2,1-2H3,(H,18,19). The average Bonchev–Trinajstić information content (AvgIpc) is 2.67. The summed E-state index contributed by atoms with van der Waals surface area (Å²) in [4.78, 5) is 15.0. The number of benzene rings is 1. The first-order chi connectivity index (χ1) is 9.40. The van der Waals surface area contributed by atoms with Crippen molar-refractivity contribution in [3.8, 4) is 5.69 Å². The Morgan fingerprint density at radius 2 is 1.95 bits per heavy atom. The Bertz CT molecular complexity index is 647. The predicted octanol–water partition coefficient (Wildman–Crippen LogP) is 4.19. The van der Waals surface area contributed by atoms with Crippen LogP contribution < -0.4 is 0 Å². The predicted molar refractivity (Wildman–Crippen MR) is 86.8 cm³/mol. The lowest BCUT2D eigenvalue weighted by molar-refractivity contribution is -0.133. The summed E-state index contributed by atoms with van der Waals surface area (Å²) in [6, 6.07) is 4.04. The van der Waals surface area contributed by atoms with Gasteiger partial charge in [-0.3, -0.25) is 9.36 Å². The number of carboxylic acid groups (broad SMARTS) is 1. The van der Waals surface area contributed by atoms with Crippen LogP contribution >= 0.6 is 43.6 Å². The number of halogens is 2. The van der Waals surface area contributed by atoms with Crippen molar-refractivity contribution in [1.82, 2.24) is 9.55 Å². The first kappa shape index (κ1) is 15.6. The molecule has 20 heavy (non-hydrogen) atoms. The summed E-state index contributed by atoms with van der Waals surface area (Å²) in [6.45, 7) is 3.96. The number of nitrogens with zero attached hydrogens (tertiary/aromatic N) is 2. The van der Waals surface area contributed by atoms with Gasteiger partial charge in [-0.1, -0.05) is 11.8 Å². The van der Waals surface area contributed by atoms with Crippen molar-refractivity contribution in [2.75, 3.05) is 5.75 Å². The molecular formula is C13H12Br2N2O2S. The van der Waals surface area contributed by atoms with Gasteiger partial charge in [-0.2, -0.15) is 0 Å². The highest BCUT2D eigenvalue weighted by Gasteiger charge is 2.16. The molecule has 4 nitrogen and oxygen atoms in total. The van der Waals surface area contributed by atoms with Gasteiger partial charge in [0.05, 0.1) is 11.4 Å². The van der Waals surface area contributed by atoms with Crippen molar-refractivity contribution in [3.05, 3.63) is 38.5 Å². The van der Waals surface area contributed by atoms with Crippen molar-refractivity contribution >= 4 is 49.6 Å². The van der Waals surface area contributed by atoms with Crippen LogP contribution in [0.2, 0.25) is 0 Å². The first-order valence-corrected chi connectivity index (χ1v) is 8.32. The number of hydrogen-bond donors (Lipinski definition) is 1. The molecule has 2 rings (SSSR count). The molecule has 0 saturated carbocycles. The van der Waals surface area contributed by atoms with Gasteiger partial charge in [-0.15, -0.1) is 0 Å². The number of rotatable bonds is 4. The van der Waals surface area contributed by atoms with Crippen molar-refractivity contribution < 1.29 is 9.90 Å². The summed E-state index contributed by atoms with van der Waals surface area (Å²) < 4.78 is 3.81. The minimum atomic E-state index is -0.857. The van der Waals surface area contributed by atoms with Crippen LogP contribution in [0.15, 0.2) is 32.4 Å². The number of aromatic nitrogens is 2. The molecule has 0 bridgehead atoms. The Morgan fingerprint density at radius 3 is 2.50 bits per heavy atom. The zero-order valence-electron chi connectivity index (χ0n) is 10.9. The third-order valence-electron chi connectivity index (χ3n) is 2.62. The van der Waals surface area contributed by atoms with E-state index in [1.807, 2.05) is 30.5 Å². The van der Waals surface area contributed by atoms with Gasteiger partial charge in [0.15, 0.2) is 5.16 Å². The van der Waals surface area contributed by atoms with E-state index in [-0.39, 0.29) is 5.75 Å². The molecule has 0 fully saturated rings. The van der Waals surface area contributed by atoms with Crippen LogP contribution in [0.25, 0.3) is 5.69 Å². The second kappa shape index (κ2) is 6.32. The van der Waals surface area contributed by atoms with E-state index < -0.39 is 5.97 Å². The lowest BCUT2D eigenvalue weighted by Crippen LogP contribution is -2.04. The molecule has 1 aromatic heterocycles. The molecule has 1 heterocycles. The number of aliphatic carboxylic acids is 1. The van der Waals surface area contributed by atoms with E-state index in [9.17, 15) is 4.79 Å². The first-order valence-electron chi connectivity index (χ1n) is 5.75. The monoisotopic (exact) mass is 418 g/mol. The summed E-state index contributed by atoms with van der Waals surface area (Å²) in [6.07, 6.45) is 1.74. The summed E-state index contributed by atoms with van der Waals surface area (Å²) in [5.74, 6) is -0.874. The van der Waals surface area contributed by atoms with Gasteiger partial charge in [0, 0.05) is 20.8 Å². The van der Waals surface area contributed by atoms with Crippen LogP contribution in [0.1, 0.15) is 11.3 Å². The van der Waals surface area contributed by atoms with Crippen molar-refractivity contribution in [2.24, 2.45) is 0 Å². The molecule has 0 atom stereocenters. The number of carboxylic acids is 1. The molecule has 0 aliphatic heterocycles. The van der Waals surface area contributed by atoms with Gasteiger partial charge in [0.1, 0.15) is 0 Å². The van der Waals surface area contributed by atoms with Gasteiger partial charge < -0.3 is 5.11 Å². The SMILES string of the molecule is Cc1cc(Br)c(-n2c(C)cnc2SCC(=O)O)c(Br)c1. The molecule has 2 aromatic rings. The largest absolute Gasteiger partial charge is 0.481 e. The van der Waals surface area contributed by atoms with Crippen molar-refractivity contribution in [2.45, 2.75) is 19.0 Å². The summed E-state index contributed by atoms with van der Waals surface area (Å²) in [5.41, 5.74) is 3.01. The summed E-state index contributed by atoms with van der Waals surface area (Å²) in [7, 11) is 0. The molecule has 0 amide bonds. The minimum absolute atomic E-state index is 0.0163. The number of aryl methyl sites for hydroxylation is 2. The molecular weight excluding hydrogens is 408 g/mol. The Hall–Kier alpha value is -0.790. The number of thioether (sulfide) groups is 1. The minimum Gasteiger partial charge on any atom is -0.481 e. The Labute approximate surface area is 137 Å². The smallest absolute Gasteiger partial charge is 0.313 e.